The van der Waals surface area contributed by atoms with Gasteiger partial charge in [-0.3, -0.25) is 4.98 Å². The Labute approximate surface area is 95.9 Å². The van der Waals surface area contributed by atoms with Crippen molar-refractivity contribution >= 4 is 27.3 Å². The van der Waals surface area contributed by atoms with Crippen LogP contribution in [0.25, 0.3) is 0 Å². The van der Waals surface area contributed by atoms with Gasteiger partial charge in [0.15, 0.2) is 0 Å². The zero-order valence-electron chi connectivity index (χ0n) is 7.56. The monoisotopic (exact) mass is 267 g/mol. The second-order valence-corrected chi connectivity index (χ2v) is 4.97. The molecule has 1 unspecified atom stereocenters. The van der Waals surface area contributed by atoms with Gasteiger partial charge in [-0.15, -0.1) is 0 Å². The number of aromatic nitrogens is 1. The average molecular weight is 268 g/mol. The minimum atomic E-state index is 0.413. The summed E-state index contributed by atoms with van der Waals surface area (Å²) in [6.07, 6.45) is 4.69. The highest BCUT2D eigenvalue weighted by Crippen LogP contribution is 2.28. The number of alkyl halides is 1. The third kappa shape index (κ3) is 2.42. The Morgan fingerprint density at radius 3 is 2.71 bits per heavy atom. The normalized spacial score (nSPS) is 12.6. The van der Waals surface area contributed by atoms with Gasteiger partial charge in [-0.05, 0) is 46.5 Å². The maximum absolute atomic E-state index is 4.00. The van der Waals surface area contributed by atoms with Crippen molar-refractivity contribution in [3.05, 3.63) is 52.5 Å². The van der Waals surface area contributed by atoms with Gasteiger partial charge < -0.3 is 0 Å². The van der Waals surface area contributed by atoms with Crippen molar-refractivity contribution < 1.29 is 0 Å². The standard InChI is InChI=1S/C11H10BrNS/c12-11(10-3-6-14-8-10)7-9-1-4-13-5-2-9/h1-6,8,11H,7H2. The van der Waals surface area contributed by atoms with Gasteiger partial charge in [-0.1, -0.05) is 15.9 Å². The molecule has 72 valence electrons. The first-order valence-electron chi connectivity index (χ1n) is 4.41. The van der Waals surface area contributed by atoms with Crippen molar-refractivity contribution in [1.29, 1.82) is 0 Å². The van der Waals surface area contributed by atoms with E-state index >= 15 is 0 Å². The van der Waals surface area contributed by atoms with Crippen molar-refractivity contribution in [2.24, 2.45) is 0 Å². The van der Waals surface area contributed by atoms with E-state index in [0.29, 0.717) is 4.83 Å². The summed E-state index contributed by atoms with van der Waals surface area (Å²) in [6, 6.07) is 6.27. The van der Waals surface area contributed by atoms with Crippen LogP contribution in [-0.4, -0.2) is 4.98 Å². The molecule has 1 atom stereocenters. The van der Waals surface area contributed by atoms with E-state index in [1.165, 1.54) is 11.1 Å². The molecule has 0 aliphatic heterocycles. The fraction of sp³-hybridized carbons (Fsp3) is 0.182. The maximum atomic E-state index is 4.00. The summed E-state index contributed by atoms with van der Waals surface area (Å²) in [6.45, 7) is 0. The fourth-order valence-corrected chi connectivity index (χ4v) is 2.84. The van der Waals surface area contributed by atoms with Gasteiger partial charge in [0.05, 0.1) is 0 Å². The number of halogens is 1. The number of nitrogens with zero attached hydrogens (tertiary/aromatic N) is 1. The fourth-order valence-electron chi connectivity index (χ4n) is 1.30. The molecule has 0 amide bonds. The van der Waals surface area contributed by atoms with E-state index in [9.17, 15) is 0 Å². The Morgan fingerprint density at radius 2 is 2.07 bits per heavy atom. The van der Waals surface area contributed by atoms with Crippen LogP contribution in [0.5, 0.6) is 0 Å². The van der Waals surface area contributed by atoms with Gasteiger partial charge in [-0.2, -0.15) is 11.3 Å². The summed E-state index contributed by atoms with van der Waals surface area (Å²) in [5, 5.41) is 4.29. The molecule has 3 heteroatoms. The lowest BCUT2D eigenvalue weighted by Gasteiger charge is -2.07. The largest absolute Gasteiger partial charge is 0.265 e. The Bertz CT molecular complexity index is 371. The first-order valence-corrected chi connectivity index (χ1v) is 6.27. The number of hydrogen-bond donors (Lipinski definition) is 0. The molecule has 0 saturated carbocycles. The summed E-state index contributed by atoms with van der Waals surface area (Å²) in [4.78, 5) is 4.42. The average Bonchev–Trinajstić information content (AvgIpc) is 2.72. The van der Waals surface area contributed by atoms with Gasteiger partial charge in [-0.25, -0.2) is 0 Å². The van der Waals surface area contributed by atoms with E-state index in [4.69, 9.17) is 0 Å². The highest BCUT2D eigenvalue weighted by Gasteiger charge is 2.07. The van der Waals surface area contributed by atoms with Crippen LogP contribution in [0.3, 0.4) is 0 Å². The van der Waals surface area contributed by atoms with Crippen molar-refractivity contribution in [3.63, 3.8) is 0 Å². The number of hydrogen-bond acceptors (Lipinski definition) is 2. The van der Waals surface area contributed by atoms with Crippen molar-refractivity contribution in [2.45, 2.75) is 11.2 Å². The third-order valence-electron chi connectivity index (χ3n) is 2.07. The van der Waals surface area contributed by atoms with Crippen molar-refractivity contribution in [3.8, 4) is 0 Å². The summed E-state index contributed by atoms with van der Waals surface area (Å²) in [7, 11) is 0. The molecule has 0 N–H and O–H groups in total. The third-order valence-corrected chi connectivity index (χ3v) is 3.62. The highest BCUT2D eigenvalue weighted by atomic mass is 79.9. The number of pyridine rings is 1. The molecule has 14 heavy (non-hydrogen) atoms. The van der Waals surface area contributed by atoms with Crippen LogP contribution < -0.4 is 0 Å². The SMILES string of the molecule is BrC(Cc1ccncc1)c1ccsc1. The van der Waals surface area contributed by atoms with Crippen LogP contribution in [0.4, 0.5) is 0 Å². The number of thiophene rings is 1. The van der Waals surface area contributed by atoms with Crippen LogP contribution in [-0.2, 0) is 6.42 Å². The van der Waals surface area contributed by atoms with Crippen LogP contribution in [0.2, 0.25) is 0 Å². The minimum Gasteiger partial charge on any atom is -0.265 e. The Balaban J connectivity index is 2.06. The molecule has 2 aromatic rings. The van der Waals surface area contributed by atoms with E-state index in [1.54, 1.807) is 11.3 Å². The first-order chi connectivity index (χ1) is 6.86. The summed E-state index contributed by atoms with van der Waals surface area (Å²) in [5.41, 5.74) is 2.67. The van der Waals surface area contributed by atoms with Crippen LogP contribution >= 0.6 is 27.3 Å². The maximum Gasteiger partial charge on any atom is 0.0443 e. The van der Waals surface area contributed by atoms with Gasteiger partial charge in [0.25, 0.3) is 0 Å². The second kappa shape index (κ2) is 4.71. The molecule has 2 heterocycles. The van der Waals surface area contributed by atoms with Crippen molar-refractivity contribution in [2.75, 3.05) is 0 Å². The van der Waals surface area contributed by atoms with Crippen LogP contribution in [0, 0.1) is 0 Å². The van der Waals surface area contributed by atoms with Gasteiger partial charge >= 0.3 is 0 Å². The van der Waals surface area contributed by atoms with E-state index in [-0.39, 0.29) is 0 Å². The zero-order valence-corrected chi connectivity index (χ0v) is 9.96. The molecule has 2 rings (SSSR count). The molecule has 1 nitrogen and oxygen atoms in total. The Hall–Kier alpha value is -0.670. The molecule has 0 spiro atoms. The Morgan fingerprint density at radius 1 is 1.29 bits per heavy atom. The van der Waals surface area contributed by atoms with Gasteiger partial charge in [0.2, 0.25) is 0 Å². The molecule has 0 aromatic carbocycles. The molecule has 2 aromatic heterocycles. The topological polar surface area (TPSA) is 12.9 Å². The lowest BCUT2D eigenvalue weighted by Crippen LogP contribution is -1.93. The van der Waals surface area contributed by atoms with Gasteiger partial charge in [0, 0.05) is 17.2 Å². The first kappa shape index (κ1) is 9.87. The molecule has 0 aliphatic carbocycles. The molecule has 0 radical (unpaired) electrons. The molecule has 0 bridgehead atoms. The van der Waals surface area contributed by atoms with E-state index in [2.05, 4.69) is 49.9 Å². The second-order valence-electron chi connectivity index (χ2n) is 3.08. The summed E-state index contributed by atoms with van der Waals surface area (Å²) in [5.74, 6) is 0. The Kier molecular flexibility index (Phi) is 3.32. The van der Waals surface area contributed by atoms with Crippen molar-refractivity contribution in [1.82, 2.24) is 4.98 Å². The quantitative estimate of drug-likeness (QED) is 0.771. The zero-order chi connectivity index (χ0) is 9.80. The summed E-state index contributed by atoms with van der Waals surface area (Å²) < 4.78 is 0. The predicted molar refractivity (Wildman–Crippen MR) is 63.9 cm³/mol. The smallest absolute Gasteiger partial charge is 0.0443 e. The minimum absolute atomic E-state index is 0.413. The molecule has 0 saturated heterocycles. The molecular formula is C11H10BrNS. The number of rotatable bonds is 3. The van der Waals surface area contributed by atoms with Gasteiger partial charge in [0.1, 0.15) is 0 Å². The highest BCUT2D eigenvalue weighted by molar-refractivity contribution is 9.09. The van der Waals surface area contributed by atoms with E-state index in [1.807, 2.05) is 12.4 Å². The lowest BCUT2D eigenvalue weighted by molar-refractivity contribution is 0.950. The van der Waals surface area contributed by atoms with Crippen LogP contribution in [0.1, 0.15) is 16.0 Å². The van der Waals surface area contributed by atoms with E-state index < -0.39 is 0 Å². The molecule has 0 fully saturated rings. The molecular weight excluding hydrogens is 258 g/mol. The predicted octanol–water partition coefficient (Wildman–Crippen LogP) is 3.82. The van der Waals surface area contributed by atoms with Crippen LogP contribution in [0.15, 0.2) is 41.4 Å². The van der Waals surface area contributed by atoms with E-state index in [0.717, 1.165) is 6.42 Å². The lowest BCUT2D eigenvalue weighted by atomic mass is 10.1. The molecule has 0 aliphatic rings. The summed E-state index contributed by atoms with van der Waals surface area (Å²) >= 11 is 5.42.